The molecule has 0 amide bonds. The van der Waals surface area contributed by atoms with E-state index in [1.807, 2.05) is 14.0 Å². The number of aromatic nitrogens is 2. The molecule has 2 aromatic heterocycles. The van der Waals surface area contributed by atoms with Crippen molar-refractivity contribution in [1.29, 1.82) is 0 Å². The topological polar surface area (TPSA) is 39.1 Å². The van der Waals surface area contributed by atoms with Crippen LogP contribution in [0.3, 0.4) is 0 Å². The Morgan fingerprint density at radius 2 is 2.33 bits per heavy atom. The lowest BCUT2D eigenvalue weighted by atomic mass is 10.2. The van der Waals surface area contributed by atoms with Crippen LogP contribution >= 0.6 is 11.3 Å². The van der Waals surface area contributed by atoms with E-state index < -0.39 is 0 Å². The van der Waals surface area contributed by atoms with Crippen LogP contribution in [0.5, 0.6) is 5.88 Å². The number of methoxy groups -OCH3 is 1. The molecular formula is C13H19N3OS. The van der Waals surface area contributed by atoms with E-state index in [2.05, 4.69) is 34.9 Å². The zero-order valence-electron chi connectivity index (χ0n) is 11.2. The largest absolute Gasteiger partial charge is 0.481 e. The van der Waals surface area contributed by atoms with Crippen LogP contribution in [0.15, 0.2) is 17.5 Å². The standard InChI is InChI=1S/C13H19N3OS/c1-9-11(13(17-4)16(3)15-9)8-14-10(2)12-6-5-7-18-12/h5-7,10,14H,8H2,1-4H3/t10-/m0/s1. The fraction of sp³-hybridized carbons (Fsp3) is 0.462. The van der Waals surface area contributed by atoms with Crippen LogP contribution in [0.4, 0.5) is 0 Å². The highest BCUT2D eigenvalue weighted by atomic mass is 32.1. The highest BCUT2D eigenvalue weighted by molar-refractivity contribution is 7.10. The number of nitrogens with zero attached hydrogens (tertiary/aromatic N) is 2. The van der Waals surface area contributed by atoms with Gasteiger partial charge in [-0.1, -0.05) is 6.07 Å². The molecule has 2 aromatic rings. The highest BCUT2D eigenvalue weighted by Crippen LogP contribution is 2.23. The Bertz CT molecular complexity index is 505. The Kier molecular flexibility index (Phi) is 4.04. The predicted octanol–water partition coefficient (Wildman–Crippen LogP) is 2.65. The third kappa shape index (κ3) is 2.57. The maximum Gasteiger partial charge on any atom is 0.216 e. The molecule has 0 aliphatic heterocycles. The van der Waals surface area contributed by atoms with Crippen molar-refractivity contribution < 1.29 is 4.74 Å². The molecule has 4 nitrogen and oxygen atoms in total. The second-order valence-corrected chi connectivity index (χ2v) is 5.29. The third-order valence-electron chi connectivity index (χ3n) is 3.04. The maximum absolute atomic E-state index is 5.38. The van der Waals surface area contributed by atoms with E-state index in [9.17, 15) is 0 Å². The van der Waals surface area contributed by atoms with Gasteiger partial charge in [0.2, 0.25) is 5.88 Å². The minimum Gasteiger partial charge on any atom is -0.481 e. The van der Waals surface area contributed by atoms with Gasteiger partial charge in [-0.15, -0.1) is 11.3 Å². The van der Waals surface area contributed by atoms with Gasteiger partial charge in [-0.3, -0.25) is 0 Å². The Balaban J connectivity index is 2.06. The van der Waals surface area contributed by atoms with Crippen LogP contribution < -0.4 is 10.1 Å². The first-order valence-electron chi connectivity index (χ1n) is 5.96. The van der Waals surface area contributed by atoms with Crippen molar-refractivity contribution in [3.63, 3.8) is 0 Å². The summed E-state index contributed by atoms with van der Waals surface area (Å²) in [6.07, 6.45) is 0. The predicted molar refractivity (Wildman–Crippen MR) is 74.1 cm³/mol. The molecule has 0 unspecified atom stereocenters. The average Bonchev–Trinajstić information content (AvgIpc) is 2.94. The van der Waals surface area contributed by atoms with Crippen molar-refractivity contribution >= 4 is 11.3 Å². The van der Waals surface area contributed by atoms with Crippen LogP contribution in [0.2, 0.25) is 0 Å². The fourth-order valence-electron chi connectivity index (χ4n) is 2.03. The second-order valence-electron chi connectivity index (χ2n) is 4.31. The summed E-state index contributed by atoms with van der Waals surface area (Å²) in [7, 11) is 3.58. The van der Waals surface area contributed by atoms with E-state index >= 15 is 0 Å². The van der Waals surface area contributed by atoms with Crippen LogP contribution in [0.1, 0.15) is 29.1 Å². The molecule has 0 spiro atoms. The van der Waals surface area contributed by atoms with Gasteiger partial charge in [-0.2, -0.15) is 5.10 Å². The van der Waals surface area contributed by atoms with E-state index in [0.717, 1.165) is 23.7 Å². The highest BCUT2D eigenvalue weighted by Gasteiger charge is 2.15. The average molecular weight is 265 g/mol. The Labute approximate surface area is 112 Å². The lowest BCUT2D eigenvalue weighted by molar-refractivity contribution is 0.367. The van der Waals surface area contributed by atoms with E-state index in [-0.39, 0.29) is 0 Å². The molecule has 5 heteroatoms. The number of thiophene rings is 1. The van der Waals surface area contributed by atoms with Crippen molar-refractivity contribution in [2.75, 3.05) is 7.11 Å². The Hall–Kier alpha value is -1.33. The van der Waals surface area contributed by atoms with Crippen LogP contribution in [0.25, 0.3) is 0 Å². The van der Waals surface area contributed by atoms with E-state index in [1.54, 1.807) is 23.1 Å². The van der Waals surface area contributed by atoms with E-state index in [1.165, 1.54) is 4.88 Å². The summed E-state index contributed by atoms with van der Waals surface area (Å²) in [4.78, 5) is 1.34. The molecule has 0 aliphatic carbocycles. The molecule has 98 valence electrons. The van der Waals surface area contributed by atoms with Crippen molar-refractivity contribution in [2.45, 2.75) is 26.4 Å². The van der Waals surface area contributed by atoms with Crippen molar-refractivity contribution in [3.8, 4) is 5.88 Å². The van der Waals surface area contributed by atoms with Gasteiger partial charge < -0.3 is 10.1 Å². The molecule has 1 atom stereocenters. The lowest BCUT2D eigenvalue weighted by Crippen LogP contribution is -2.17. The summed E-state index contributed by atoms with van der Waals surface area (Å²) < 4.78 is 7.16. The summed E-state index contributed by atoms with van der Waals surface area (Å²) >= 11 is 1.77. The van der Waals surface area contributed by atoms with Crippen molar-refractivity contribution in [3.05, 3.63) is 33.6 Å². The number of ether oxygens (including phenoxy) is 1. The zero-order valence-corrected chi connectivity index (χ0v) is 12.0. The van der Waals surface area contributed by atoms with Crippen LogP contribution in [0, 0.1) is 6.92 Å². The Morgan fingerprint density at radius 3 is 2.94 bits per heavy atom. The quantitative estimate of drug-likeness (QED) is 0.903. The summed E-state index contributed by atoms with van der Waals surface area (Å²) in [6.45, 7) is 4.95. The monoisotopic (exact) mass is 265 g/mol. The first-order valence-corrected chi connectivity index (χ1v) is 6.84. The van der Waals surface area contributed by atoms with Gasteiger partial charge in [0.15, 0.2) is 0 Å². The molecule has 0 fully saturated rings. The molecule has 1 N–H and O–H groups in total. The third-order valence-corrected chi connectivity index (χ3v) is 4.09. The van der Waals surface area contributed by atoms with Crippen LogP contribution in [-0.4, -0.2) is 16.9 Å². The molecule has 0 radical (unpaired) electrons. The van der Waals surface area contributed by atoms with Gasteiger partial charge in [0.25, 0.3) is 0 Å². The molecule has 2 heterocycles. The van der Waals surface area contributed by atoms with Gasteiger partial charge in [-0.25, -0.2) is 4.68 Å². The molecule has 0 bridgehead atoms. The molecular weight excluding hydrogens is 246 g/mol. The smallest absolute Gasteiger partial charge is 0.216 e. The van der Waals surface area contributed by atoms with E-state index in [4.69, 9.17) is 4.74 Å². The van der Waals surface area contributed by atoms with Gasteiger partial charge in [0.1, 0.15) is 0 Å². The summed E-state index contributed by atoms with van der Waals surface area (Å²) in [5.41, 5.74) is 2.14. The van der Waals surface area contributed by atoms with Crippen molar-refractivity contribution in [2.24, 2.45) is 7.05 Å². The summed E-state index contributed by atoms with van der Waals surface area (Å²) in [5, 5.41) is 9.98. The van der Waals surface area contributed by atoms with Crippen LogP contribution in [-0.2, 0) is 13.6 Å². The second kappa shape index (κ2) is 5.54. The first kappa shape index (κ1) is 13.1. The molecule has 18 heavy (non-hydrogen) atoms. The number of hydrogen-bond donors (Lipinski definition) is 1. The number of rotatable bonds is 5. The minimum atomic E-state index is 0.342. The normalized spacial score (nSPS) is 12.7. The number of hydrogen-bond acceptors (Lipinski definition) is 4. The maximum atomic E-state index is 5.38. The summed E-state index contributed by atoms with van der Waals surface area (Å²) in [6, 6.07) is 4.57. The number of aryl methyl sites for hydroxylation is 2. The molecule has 0 saturated heterocycles. The lowest BCUT2D eigenvalue weighted by Gasteiger charge is -2.12. The van der Waals surface area contributed by atoms with Gasteiger partial charge in [0.05, 0.1) is 18.4 Å². The van der Waals surface area contributed by atoms with E-state index in [0.29, 0.717) is 6.04 Å². The molecule has 0 aromatic carbocycles. The van der Waals surface area contributed by atoms with Crippen molar-refractivity contribution in [1.82, 2.24) is 15.1 Å². The zero-order chi connectivity index (χ0) is 13.1. The van der Waals surface area contributed by atoms with Gasteiger partial charge in [0, 0.05) is 24.5 Å². The fourth-order valence-corrected chi connectivity index (χ4v) is 2.79. The summed E-state index contributed by atoms with van der Waals surface area (Å²) in [5.74, 6) is 0.832. The van der Waals surface area contributed by atoms with Gasteiger partial charge >= 0.3 is 0 Å². The Morgan fingerprint density at radius 1 is 1.56 bits per heavy atom. The number of nitrogens with one attached hydrogen (secondary N) is 1. The molecule has 0 saturated carbocycles. The molecule has 2 rings (SSSR count). The van der Waals surface area contributed by atoms with Gasteiger partial charge in [-0.05, 0) is 25.3 Å². The minimum absolute atomic E-state index is 0.342. The first-order chi connectivity index (χ1) is 8.63. The molecule has 0 aliphatic rings. The SMILES string of the molecule is COc1c(CN[C@@H](C)c2cccs2)c(C)nn1C.